The molecule has 2 heteroatoms. The van der Waals surface area contributed by atoms with Crippen LogP contribution in [-0.2, 0) is 6.61 Å². The number of aliphatic hydroxyl groups is 1. The summed E-state index contributed by atoms with van der Waals surface area (Å²) in [5.74, 6) is 0.783. The highest BCUT2D eigenvalue weighted by atomic mass is 16.3. The summed E-state index contributed by atoms with van der Waals surface area (Å²) < 4.78 is 0. The van der Waals surface area contributed by atoms with E-state index in [-0.39, 0.29) is 6.61 Å². The van der Waals surface area contributed by atoms with Crippen LogP contribution in [-0.4, -0.2) is 18.2 Å². The zero-order valence-corrected chi connectivity index (χ0v) is 10.4. The van der Waals surface area contributed by atoms with Gasteiger partial charge < -0.3 is 10.0 Å². The first-order chi connectivity index (χ1) is 7.50. The van der Waals surface area contributed by atoms with Crippen molar-refractivity contribution in [1.82, 2.24) is 0 Å². The minimum absolute atomic E-state index is 0.129. The lowest BCUT2D eigenvalue weighted by Gasteiger charge is -2.47. The van der Waals surface area contributed by atoms with Gasteiger partial charge in [-0.3, -0.25) is 0 Å². The van der Waals surface area contributed by atoms with Crippen LogP contribution in [0.5, 0.6) is 0 Å². The van der Waals surface area contributed by atoms with E-state index in [1.54, 1.807) is 0 Å². The van der Waals surface area contributed by atoms with Crippen molar-refractivity contribution in [2.24, 2.45) is 11.3 Å². The van der Waals surface area contributed by atoms with Gasteiger partial charge in [0, 0.05) is 18.8 Å². The van der Waals surface area contributed by atoms with Crippen LogP contribution in [0.15, 0.2) is 24.3 Å². The quantitative estimate of drug-likeness (QED) is 0.826. The van der Waals surface area contributed by atoms with Crippen molar-refractivity contribution < 1.29 is 5.11 Å². The van der Waals surface area contributed by atoms with Gasteiger partial charge in [0.05, 0.1) is 6.61 Å². The summed E-state index contributed by atoms with van der Waals surface area (Å²) in [6.07, 6.45) is 0. The van der Waals surface area contributed by atoms with Crippen LogP contribution in [0, 0.1) is 11.3 Å². The molecular weight excluding hydrogens is 198 g/mol. The molecular formula is C14H21NO. The fourth-order valence-electron chi connectivity index (χ4n) is 2.09. The summed E-state index contributed by atoms with van der Waals surface area (Å²) in [6.45, 7) is 9.32. The highest BCUT2D eigenvalue weighted by molar-refractivity contribution is 5.50. The Morgan fingerprint density at radius 2 is 2.00 bits per heavy atom. The SMILES string of the molecule is CC(C)(C)C1CN(c2cccc(CO)c2)C1. The molecule has 1 N–H and O–H groups in total. The number of hydrogen-bond acceptors (Lipinski definition) is 2. The third-order valence-electron chi connectivity index (χ3n) is 3.56. The van der Waals surface area contributed by atoms with Gasteiger partial charge in [-0.2, -0.15) is 0 Å². The van der Waals surface area contributed by atoms with Gasteiger partial charge in [-0.1, -0.05) is 32.9 Å². The molecule has 0 spiro atoms. The molecule has 1 aliphatic heterocycles. The predicted molar refractivity (Wildman–Crippen MR) is 67.5 cm³/mol. The molecule has 0 radical (unpaired) electrons. The average Bonchev–Trinajstić information content (AvgIpc) is 2.13. The Kier molecular flexibility index (Phi) is 2.94. The van der Waals surface area contributed by atoms with Crippen LogP contribution < -0.4 is 4.90 Å². The molecule has 2 rings (SSSR count). The van der Waals surface area contributed by atoms with Crippen LogP contribution in [0.2, 0.25) is 0 Å². The molecule has 0 unspecified atom stereocenters. The summed E-state index contributed by atoms with van der Waals surface area (Å²) >= 11 is 0. The molecule has 1 aliphatic rings. The number of nitrogens with zero attached hydrogens (tertiary/aromatic N) is 1. The number of benzene rings is 1. The lowest BCUT2D eigenvalue weighted by Crippen LogP contribution is -2.52. The lowest BCUT2D eigenvalue weighted by atomic mass is 9.76. The van der Waals surface area contributed by atoms with E-state index in [0.29, 0.717) is 5.41 Å². The van der Waals surface area contributed by atoms with Gasteiger partial charge in [-0.15, -0.1) is 0 Å². The van der Waals surface area contributed by atoms with Crippen LogP contribution in [0.25, 0.3) is 0 Å². The van der Waals surface area contributed by atoms with Crippen LogP contribution in [0.4, 0.5) is 5.69 Å². The van der Waals surface area contributed by atoms with Crippen LogP contribution in [0.3, 0.4) is 0 Å². The van der Waals surface area contributed by atoms with Gasteiger partial charge in [-0.05, 0) is 29.0 Å². The standard InChI is InChI=1S/C14H21NO/c1-14(2,3)12-8-15(9-12)13-6-4-5-11(7-13)10-16/h4-7,12,16H,8-10H2,1-3H3. The van der Waals surface area contributed by atoms with Crippen LogP contribution in [0.1, 0.15) is 26.3 Å². The fraction of sp³-hybridized carbons (Fsp3) is 0.571. The monoisotopic (exact) mass is 219 g/mol. The van der Waals surface area contributed by atoms with Crippen molar-refractivity contribution in [1.29, 1.82) is 0 Å². The van der Waals surface area contributed by atoms with Gasteiger partial charge in [0.2, 0.25) is 0 Å². The second-order valence-electron chi connectivity index (χ2n) is 5.80. The number of rotatable bonds is 2. The van der Waals surface area contributed by atoms with E-state index < -0.39 is 0 Å². The number of hydrogen-bond donors (Lipinski definition) is 1. The molecule has 0 amide bonds. The van der Waals surface area contributed by atoms with Gasteiger partial charge in [0.25, 0.3) is 0 Å². The third kappa shape index (κ3) is 2.22. The Bertz CT molecular complexity index is 361. The molecule has 0 atom stereocenters. The molecule has 0 saturated carbocycles. The smallest absolute Gasteiger partial charge is 0.0682 e. The number of aliphatic hydroxyl groups excluding tert-OH is 1. The van der Waals surface area contributed by atoms with E-state index in [2.05, 4.69) is 37.8 Å². The fourth-order valence-corrected chi connectivity index (χ4v) is 2.09. The van der Waals surface area contributed by atoms with E-state index >= 15 is 0 Å². The highest BCUT2D eigenvalue weighted by Crippen LogP contribution is 2.36. The Balaban J connectivity index is 2.01. The molecule has 2 nitrogen and oxygen atoms in total. The lowest BCUT2D eigenvalue weighted by molar-refractivity contribution is 0.195. The van der Waals surface area contributed by atoms with Gasteiger partial charge >= 0.3 is 0 Å². The van der Waals surface area contributed by atoms with E-state index in [4.69, 9.17) is 5.11 Å². The van der Waals surface area contributed by atoms with E-state index in [0.717, 1.165) is 24.6 Å². The maximum absolute atomic E-state index is 9.10. The Labute approximate surface area is 97.9 Å². The summed E-state index contributed by atoms with van der Waals surface area (Å²) in [5, 5.41) is 9.10. The largest absolute Gasteiger partial charge is 0.392 e. The summed E-state index contributed by atoms with van der Waals surface area (Å²) in [5.41, 5.74) is 2.65. The molecule has 0 aromatic heterocycles. The Morgan fingerprint density at radius 1 is 1.31 bits per heavy atom. The molecule has 1 heterocycles. The first-order valence-electron chi connectivity index (χ1n) is 5.95. The summed E-state index contributed by atoms with van der Waals surface area (Å²) in [7, 11) is 0. The first kappa shape index (κ1) is 11.5. The predicted octanol–water partition coefficient (Wildman–Crippen LogP) is 2.66. The van der Waals surface area contributed by atoms with Gasteiger partial charge in [0.1, 0.15) is 0 Å². The number of anilines is 1. The minimum Gasteiger partial charge on any atom is -0.392 e. The zero-order chi connectivity index (χ0) is 11.8. The summed E-state index contributed by atoms with van der Waals surface area (Å²) in [6, 6.07) is 8.19. The minimum atomic E-state index is 0.129. The average molecular weight is 219 g/mol. The maximum Gasteiger partial charge on any atom is 0.0682 e. The van der Waals surface area contributed by atoms with Crippen molar-refractivity contribution in [2.45, 2.75) is 27.4 Å². The van der Waals surface area contributed by atoms with Crippen molar-refractivity contribution >= 4 is 5.69 Å². The Morgan fingerprint density at radius 3 is 2.56 bits per heavy atom. The van der Waals surface area contributed by atoms with Crippen LogP contribution >= 0.6 is 0 Å². The zero-order valence-electron chi connectivity index (χ0n) is 10.4. The second kappa shape index (κ2) is 4.10. The molecule has 1 fully saturated rings. The van der Waals surface area contributed by atoms with Crippen molar-refractivity contribution in [3.8, 4) is 0 Å². The van der Waals surface area contributed by atoms with Crippen molar-refractivity contribution in [2.75, 3.05) is 18.0 Å². The van der Waals surface area contributed by atoms with Gasteiger partial charge in [-0.25, -0.2) is 0 Å². The third-order valence-corrected chi connectivity index (χ3v) is 3.56. The van der Waals surface area contributed by atoms with Crippen molar-refractivity contribution in [3.63, 3.8) is 0 Å². The molecule has 16 heavy (non-hydrogen) atoms. The molecule has 0 aliphatic carbocycles. The molecule has 88 valence electrons. The van der Waals surface area contributed by atoms with E-state index in [1.165, 1.54) is 5.69 Å². The Hall–Kier alpha value is -1.02. The normalized spacial score (nSPS) is 17.4. The van der Waals surface area contributed by atoms with Gasteiger partial charge in [0.15, 0.2) is 0 Å². The molecule has 1 aromatic rings. The highest BCUT2D eigenvalue weighted by Gasteiger charge is 2.35. The molecule has 1 saturated heterocycles. The van der Waals surface area contributed by atoms with Crippen molar-refractivity contribution in [3.05, 3.63) is 29.8 Å². The topological polar surface area (TPSA) is 23.5 Å². The molecule has 0 bridgehead atoms. The van der Waals surface area contributed by atoms with E-state index in [1.807, 2.05) is 12.1 Å². The van der Waals surface area contributed by atoms with E-state index in [9.17, 15) is 0 Å². The summed E-state index contributed by atoms with van der Waals surface area (Å²) in [4.78, 5) is 2.38. The molecule has 1 aromatic carbocycles. The maximum atomic E-state index is 9.10. The second-order valence-corrected chi connectivity index (χ2v) is 5.80. The first-order valence-corrected chi connectivity index (χ1v) is 5.95.